The van der Waals surface area contributed by atoms with Crippen molar-refractivity contribution in [3.63, 3.8) is 0 Å². The molecule has 0 radical (unpaired) electrons. The number of esters is 1. The Hall–Kier alpha value is -3.06. The number of methoxy groups -OCH3 is 1. The number of hydrogen-bond acceptors (Lipinski definition) is 4. The fraction of sp³-hybridized carbons (Fsp3) is 0.273. The molecule has 0 saturated carbocycles. The molecule has 134 valence electrons. The van der Waals surface area contributed by atoms with Gasteiger partial charge in [-0.2, -0.15) is 0 Å². The summed E-state index contributed by atoms with van der Waals surface area (Å²) in [6, 6.07) is 16.5. The Morgan fingerprint density at radius 2 is 1.73 bits per heavy atom. The molecule has 2 atom stereocenters. The van der Waals surface area contributed by atoms with Gasteiger partial charge in [0, 0.05) is 17.4 Å². The lowest BCUT2D eigenvalue weighted by atomic mass is 9.80. The van der Waals surface area contributed by atoms with Gasteiger partial charge in [-0.25, -0.2) is 0 Å². The van der Waals surface area contributed by atoms with Gasteiger partial charge in [-0.3, -0.25) is 9.59 Å². The summed E-state index contributed by atoms with van der Waals surface area (Å²) in [5, 5.41) is 0. The molecule has 0 fully saturated rings. The van der Waals surface area contributed by atoms with E-state index in [4.69, 9.17) is 15.9 Å². The number of rotatable bonds is 8. The summed E-state index contributed by atoms with van der Waals surface area (Å²) < 4.78 is 10.1. The van der Waals surface area contributed by atoms with Crippen LogP contribution in [0, 0.1) is 18.3 Å². The molecule has 4 heteroatoms. The predicted molar refractivity (Wildman–Crippen MR) is 100 cm³/mol. The Morgan fingerprint density at radius 3 is 2.31 bits per heavy atom. The van der Waals surface area contributed by atoms with E-state index in [9.17, 15) is 9.59 Å². The number of carbonyl (C=O) groups excluding carboxylic acids is 2. The van der Waals surface area contributed by atoms with Crippen LogP contribution in [-0.4, -0.2) is 25.5 Å². The second kappa shape index (κ2) is 9.43. The van der Waals surface area contributed by atoms with Crippen molar-refractivity contribution in [2.45, 2.75) is 19.3 Å². The lowest BCUT2D eigenvalue weighted by Gasteiger charge is -2.23. The van der Waals surface area contributed by atoms with E-state index in [1.165, 1.54) is 0 Å². The van der Waals surface area contributed by atoms with Gasteiger partial charge in [0.05, 0.1) is 13.5 Å². The van der Waals surface area contributed by atoms with Crippen LogP contribution in [0.4, 0.5) is 0 Å². The molecule has 0 saturated heterocycles. The van der Waals surface area contributed by atoms with Crippen LogP contribution in [0.5, 0.6) is 5.75 Å². The molecule has 0 amide bonds. The van der Waals surface area contributed by atoms with Gasteiger partial charge in [-0.15, -0.1) is 6.42 Å². The monoisotopic (exact) mass is 350 g/mol. The highest BCUT2D eigenvalue weighted by molar-refractivity contribution is 5.98. The lowest BCUT2D eigenvalue weighted by Crippen LogP contribution is -2.23. The van der Waals surface area contributed by atoms with E-state index < -0.39 is 11.9 Å². The summed E-state index contributed by atoms with van der Waals surface area (Å²) in [6.07, 6.45) is 5.23. The zero-order valence-electron chi connectivity index (χ0n) is 15.0. The van der Waals surface area contributed by atoms with Crippen LogP contribution in [0.3, 0.4) is 0 Å². The normalized spacial score (nSPS) is 12.5. The molecule has 0 heterocycles. The Balaban J connectivity index is 2.23. The first-order valence-corrected chi connectivity index (χ1v) is 8.39. The fourth-order valence-corrected chi connectivity index (χ4v) is 2.85. The molecular weight excluding hydrogens is 328 g/mol. The van der Waals surface area contributed by atoms with Gasteiger partial charge in [0.2, 0.25) is 0 Å². The smallest absolute Gasteiger partial charge is 0.307 e. The van der Waals surface area contributed by atoms with Gasteiger partial charge in [-0.1, -0.05) is 43.2 Å². The first-order valence-electron chi connectivity index (χ1n) is 8.39. The van der Waals surface area contributed by atoms with Crippen molar-refractivity contribution in [3.8, 4) is 18.1 Å². The van der Waals surface area contributed by atoms with Crippen molar-refractivity contribution in [1.82, 2.24) is 0 Å². The van der Waals surface area contributed by atoms with Crippen molar-refractivity contribution in [2.24, 2.45) is 5.92 Å². The summed E-state index contributed by atoms with van der Waals surface area (Å²) in [7, 11) is 1.58. The second-order valence-corrected chi connectivity index (χ2v) is 5.97. The molecule has 0 aliphatic rings. The minimum absolute atomic E-state index is 0.0359. The van der Waals surface area contributed by atoms with Crippen LogP contribution in [0.1, 0.15) is 35.2 Å². The lowest BCUT2D eigenvalue weighted by molar-refractivity contribution is -0.142. The van der Waals surface area contributed by atoms with E-state index in [-0.39, 0.29) is 24.7 Å². The average molecular weight is 350 g/mol. The highest BCUT2D eigenvalue weighted by atomic mass is 16.5. The van der Waals surface area contributed by atoms with Crippen molar-refractivity contribution in [2.75, 3.05) is 13.7 Å². The number of hydrogen-bond donors (Lipinski definition) is 0. The highest BCUT2D eigenvalue weighted by Gasteiger charge is 2.29. The van der Waals surface area contributed by atoms with Crippen LogP contribution < -0.4 is 4.74 Å². The van der Waals surface area contributed by atoms with Gasteiger partial charge in [-0.05, 0) is 29.8 Å². The summed E-state index contributed by atoms with van der Waals surface area (Å²) in [5.41, 5.74) is 1.50. The van der Waals surface area contributed by atoms with Gasteiger partial charge in [0.1, 0.15) is 5.75 Å². The summed E-state index contributed by atoms with van der Waals surface area (Å²) in [5.74, 6) is 1.82. The van der Waals surface area contributed by atoms with E-state index in [0.717, 1.165) is 5.56 Å². The third-order valence-corrected chi connectivity index (χ3v) is 4.32. The Morgan fingerprint density at radius 1 is 1.08 bits per heavy atom. The van der Waals surface area contributed by atoms with Crippen molar-refractivity contribution in [1.29, 1.82) is 0 Å². The molecule has 2 aromatic rings. The molecule has 2 rings (SSSR count). The van der Waals surface area contributed by atoms with Gasteiger partial charge in [0.15, 0.2) is 12.4 Å². The van der Waals surface area contributed by atoms with Crippen molar-refractivity contribution < 1.29 is 19.1 Å². The van der Waals surface area contributed by atoms with E-state index in [1.54, 1.807) is 31.4 Å². The minimum Gasteiger partial charge on any atom is -0.497 e. The van der Waals surface area contributed by atoms with Gasteiger partial charge >= 0.3 is 5.97 Å². The number of carbonyl (C=O) groups is 2. The van der Waals surface area contributed by atoms with E-state index in [0.29, 0.717) is 11.3 Å². The van der Waals surface area contributed by atoms with Crippen LogP contribution in [0.25, 0.3) is 0 Å². The number of ketones is 1. The molecule has 0 aliphatic carbocycles. The van der Waals surface area contributed by atoms with Crippen LogP contribution >= 0.6 is 0 Å². The maximum absolute atomic E-state index is 12.9. The van der Waals surface area contributed by atoms with Crippen molar-refractivity contribution in [3.05, 3.63) is 65.7 Å². The second-order valence-electron chi connectivity index (χ2n) is 5.97. The average Bonchev–Trinajstić information content (AvgIpc) is 2.70. The zero-order chi connectivity index (χ0) is 18.9. The van der Waals surface area contributed by atoms with Gasteiger partial charge in [0.25, 0.3) is 0 Å². The first kappa shape index (κ1) is 19.3. The molecule has 0 aromatic heterocycles. The quantitative estimate of drug-likeness (QED) is 0.412. The standard InChI is InChI=1S/C22H22O4/c1-4-14-26-21(23)15-20(17-8-6-5-7-9-17)16(2)22(24)18-10-12-19(25-3)13-11-18/h1,5-13,16,20H,14-15H2,2-3H3. The Bertz CT molecular complexity index is 772. The summed E-state index contributed by atoms with van der Waals surface area (Å²) in [4.78, 5) is 25.0. The summed E-state index contributed by atoms with van der Waals surface area (Å²) in [6.45, 7) is 1.76. The molecule has 0 spiro atoms. The van der Waals surface area contributed by atoms with Crippen LogP contribution in [0.2, 0.25) is 0 Å². The molecule has 2 aromatic carbocycles. The molecule has 4 nitrogen and oxygen atoms in total. The molecule has 0 bridgehead atoms. The molecule has 2 unspecified atom stereocenters. The zero-order valence-corrected chi connectivity index (χ0v) is 15.0. The highest BCUT2D eigenvalue weighted by Crippen LogP contribution is 2.31. The van der Waals surface area contributed by atoms with Gasteiger partial charge < -0.3 is 9.47 Å². The van der Waals surface area contributed by atoms with E-state index >= 15 is 0 Å². The molecular formula is C22H22O4. The number of Topliss-reactive ketones (excluding diaryl/α,β-unsaturated/α-hetero) is 1. The van der Waals surface area contributed by atoms with Crippen LogP contribution in [-0.2, 0) is 9.53 Å². The number of terminal acetylenes is 1. The van der Waals surface area contributed by atoms with E-state index in [1.807, 2.05) is 37.3 Å². The predicted octanol–water partition coefficient (Wildman–Crippen LogP) is 3.86. The fourth-order valence-electron chi connectivity index (χ4n) is 2.85. The molecule has 0 N–H and O–H groups in total. The van der Waals surface area contributed by atoms with E-state index in [2.05, 4.69) is 5.92 Å². The Labute approximate surface area is 154 Å². The maximum Gasteiger partial charge on any atom is 0.307 e. The topological polar surface area (TPSA) is 52.6 Å². The minimum atomic E-state index is -0.411. The van der Waals surface area contributed by atoms with Crippen molar-refractivity contribution >= 4 is 11.8 Å². The number of ether oxygens (including phenoxy) is 2. The third-order valence-electron chi connectivity index (χ3n) is 4.32. The summed E-state index contributed by atoms with van der Waals surface area (Å²) >= 11 is 0. The Kier molecular flexibility index (Phi) is 6.99. The largest absolute Gasteiger partial charge is 0.497 e. The first-order chi connectivity index (χ1) is 12.6. The number of benzene rings is 2. The molecule has 26 heavy (non-hydrogen) atoms. The maximum atomic E-state index is 12.9. The molecule has 0 aliphatic heterocycles. The SMILES string of the molecule is C#CCOC(=O)CC(c1ccccc1)C(C)C(=O)c1ccc(OC)cc1. The van der Waals surface area contributed by atoms with Crippen LogP contribution in [0.15, 0.2) is 54.6 Å². The third kappa shape index (κ3) is 4.97.